The zero-order chi connectivity index (χ0) is 15.1. The highest BCUT2D eigenvalue weighted by molar-refractivity contribution is 5.33. The predicted molar refractivity (Wildman–Crippen MR) is 89.8 cm³/mol. The van der Waals surface area contributed by atoms with Crippen LogP contribution in [0.15, 0.2) is 18.2 Å². The monoisotopic (exact) mass is 289 g/mol. The van der Waals surface area contributed by atoms with Crippen LogP contribution in [0.5, 0.6) is 0 Å². The fraction of sp³-hybridized carbons (Fsp3) is 0.684. The van der Waals surface area contributed by atoms with Crippen molar-refractivity contribution in [1.29, 1.82) is 0 Å². The summed E-state index contributed by atoms with van der Waals surface area (Å²) >= 11 is 0. The number of hydrogen-bond acceptors (Lipinski definition) is 2. The summed E-state index contributed by atoms with van der Waals surface area (Å²) in [5.41, 5.74) is 4.48. The maximum Gasteiger partial charge on any atom is 0.0587 e. The summed E-state index contributed by atoms with van der Waals surface area (Å²) in [5, 5.41) is 3.60. The van der Waals surface area contributed by atoms with Crippen LogP contribution in [-0.2, 0) is 11.2 Å². The fourth-order valence-electron chi connectivity index (χ4n) is 3.73. The summed E-state index contributed by atoms with van der Waals surface area (Å²) < 4.78 is 5.14. The molecular formula is C19H31NO. The molecule has 1 saturated carbocycles. The number of rotatable bonds is 8. The quantitative estimate of drug-likeness (QED) is 0.733. The minimum absolute atomic E-state index is 0.768. The second kappa shape index (κ2) is 8.55. The Morgan fingerprint density at radius 2 is 1.86 bits per heavy atom. The van der Waals surface area contributed by atoms with E-state index in [4.69, 9.17) is 4.74 Å². The first-order valence-electron chi connectivity index (χ1n) is 8.47. The Hall–Kier alpha value is -0.860. The van der Waals surface area contributed by atoms with Crippen molar-refractivity contribution in [2.45, 2.75) is 46.0 Å². The van der Waals surface area contributed by atoms with Crippen molar-refractivity contribution in [3.63, 3.8) is 0 Å². The molecular weight excluding hydrogens is 258 g/mol. The number of hydrogen-bond donors (Lipinski definition) is 1. The van der Waals surface area contributed by atoms with E-state index in [-0.39, 0.29) is 0 Å². The van der Waals surface area contributed by atoms with Gasteiger partial charge in [0.2, 0.25) is 0 Å². The molecule has 1 N–H and O–H groups in total. The molecule has 21 heavy (non-hydrogen) atoms. The Balaban J connectivity index is 2.00. The molecule has 1 atom stereocenters. The lowest BCUT2D eigenvalue weighted by atomic mass is 9.83. The summed E-state index contributed by atoms with van der Waals surface area (Å²) in [6.07, 6.45) is 6.91. The van der Waals surface area contributed by atoms with Crippen molar-refractivity contribution >= 4 is 0 Å². The van der Waals surface area contributed by atoms with Crippen molar-refractivity contribution < 1.29 is 4.74 Å². The van der Waals surface area contributed by atoms with Crippen LogP contribution >= 0.6 is 0 Å². The van der Waals surface area contributed by atoms with E-state index in [2.05, 4.69) is 37.4 Å². The minimum atomic E-state index is 0.768. The zero-order valence-electron chi connectivity index (χ0n) is 14.0. The van der Waals surface area contributed by atoms with E-state index in [1.165, 1.54) is 43.2 Å². The standard InChI is InChI=1S/C19H31NO/c1-15-7-6-8-16(2)19(15)13-18(14-20-11-12-21-3)17-9-4-5-10-17/h6-8,17-18,20H,4-5,9-14H2,1-3H3. The van der Waals surface area contributed by atoms with Crippen LogP contribution in [0.3, 0.4) is 0 Å². The van der Waals surface area contributed by atoms with Crippen molar-refractivity contribution in [2.75, 3.05) is 26.8 Å². The van der Waals surface area contributed by atoms with Gasteiger partial charge in [-0.25, -0.2) is 0 Å². The third-order valence-corrected chi connectivity index (χ3v) is 5.07. The average molecular weight is 289 g/mol. The molecule has 0 saturated heterocycles. The Morgan fingerprint density at radius 1 is 1.19 bits per heavy atom. The highest BCUT2D eigenvalue weighted by Gasteiger charge is 2.25. The second-order valence-corrected chi connectivity index (χ2v) is 6.58. The number of nitrogens with one attached hydrogen (secondary N) is 1. The molecule has 1 aliphatic carbocycles. The smallest absolute Gasteiger partial charge is 0.0587 e. The maximum absolute atomic E-state index is 5.14. The molecule has 0 heterocycles. The Kier molecular flexibility index (Phi) is 6.72. The van der Waals surface area contributed by atoms with E-state index in [0.717, 1.165) is 31.5 Å². The van der Waals surface area contributed by atoms with Crippen LogP contribution < -0.4 is 5.32 Å². The molecule has 1 unspecified atom stereocenters. The Labute approximate surface area is 130 Å². The Morgan fingerprint density at radius 3 is 2.48 bits per heavy atom. The average Bonchev–Trinajstić information content (AvgIpc) is 2.99. The number of methoxy groups -OCH3 is 1. The second-order valence-electron chi connectivity index (χ2n) is 6.58. The molecule has 2 nitrogen and oxygen atoms in total. The summed E-state index contributed by atoms with van der Waals surface area (Å²) in [5.74, 6) is 1.67. The SMILES string of the molecule is COCCNCC(Cc1c(C)cccc1C)C1CCCC1. The van der Waals surface area contributed by atoms with Gasteiger partial charge in [0.1, 0.15) is 0 Å². The van der Waals surface area contributed by atoms with Gasteiger partial charge in [0.05, 0.1) is 6.61 Å². The van der Waals surface area contributed by atoms with Crippen LogP contribution in [0.1, 0.15) is 42.4 Å². The summed E-state index contributed by atoms with van der Waals surface area (Å²) in [7, 11) is 1.77. The van der Waals surface area contributed by atoms with Gasteiger partial charge in [-0.3, -0.25) is 0 Å². The molecule has 1 aromatic carbocycles. The first kappa shape index (κ1) is 16.5. The number of ether oxygens (including phenoxy) is 1. The van der Waals surface area contributed by atoms with Crippen molar-refractivity contribution in [3.8, 4) is 0 Å². The van der Waals surface area contributed by atoms with Crippen molar-refractivity contribution in [1.82, 2.24) is 5.32 Å². The van der Waals surface area contributed by atoms with E-state index in [1.807, 2.05) is 0 Å². The molecule has 0 aromatic heterocycles. The number of aryl methyl sites for hydroxylation is 2. The lowest BCUT2D eigenvalue weighted by molar-refractivity contribution is 0.195. The molecule has 1 aliphatic rings. The van der Waals surface area contributed by atoms with E-state index in [0.29, 0.717) is 0 Å². The lowest BCUT2D eigenvalue weighted by Gasteiger charge is -2.25. The summed E-state index contributed by atoms with van der Waals surface area (Å²) in [6, 6.07) is 6.69. The predicted octanol–water partition coefficient (Wildman–Crippen LogP) is 3.89. The van der Waals surface area contributed by atoms with E-state index < -0.39 is 0 Å². The molecule has 0 aliphatic heterocycles. The zero-order valence-corrected chi connectivity index (χ0v) is 14.0. The van der Waals surface area contributed by atoms with Gasteiger partial charge in [0.25, 0.3) is 0 Å². The molecule has 2 rings (SSSR count). The van der Waals surface area contributed by atoms with Crippen LogP contribution in [0.2, 0.25) is 0 Å². The van der Waals surface area contributed by atoms with Crippen molar-refractivity contribution in [2.24, 2.45) is 11.8 Å². The molecule has 0 spiro atoms. The molecule has 1 fully saturated rings. The third-order valence-electron chi connectivity index (χ3n) is 5.07. The highest BCUT2D eigenvalue weighted by atomic mass is 16.5. The van der Waals surface area contributed by atoms with Gasteiger partial charge in [0.15, 0.2) is 0 Å². The minimum Gasteiger partial charge on any atom is -0.383 e. The maximum atomic E-state index is 5.14. The number of benzene rings is 1. The molecule has 118 valence electrons. The topological polar surface area (TPSA) is 21.3 Å². The lowest BCUT2D eigenvalue weighted by Crippen LogP contribution is -2.31. The molecule has 2 heteroatoms. The fourth-order valence-corrected chi connectivity index (χ4v) is 3.73. The van der Waals surface area contributed by atoms with Crippen LogP contribution in [0.25, 0.3) is 0 Å². The first-order chi connectivity index (χ1) is 10.2. The molecule has 0 amide bonds. The van der Waals surface area contributed by atoms with E-state index >= 15 is 0 Å². The van der Waals surface area contributed by atoms with Gasteiger partial charge in [-0.05, 0) is 55.3 Å². The Bertz CT molecular complexity index is 403. The molecule has 0 radical (unpaired) electrons. The summed E-state index contributed by atoms with van der Waals surface area (Å²) in [6.45, 7) is 7.41. The van der Waals surface area contributed by atoms with Gasteiger partial charge in [0, 0.05) is 13.7 Å². The molecule has 0 bridgehead atoms. The normalized spacial score (nSPS) is 17.3. The van der Waals surface area contributed by atoms with Crippen LogP contribution in [0.4, 0.5) is 0 Å². The van der Waals surface area contributed by atoms with E-state index in [9.17, 15) is 0 Å². The highest BCUT2D eigenvalue weighted by Crippen LogP contribution is 2.34. The van der Waals surface area contributed by atoms with Crippen LogP contribution in [-0.4, -0.2) is 26.8 Å². The van der Waals surface area contributed by atoms with E-state index in [1.54, 1.807) is 12.7 Å². The van der Waals surface area contributed by atoms with Gasteiger partial charge < -0.3 is 10.1 Å². The van der Waals surface area contributed by atoms with Gasteiger partial charge in [-0.1, -0.05) is 43.9 Å². The van der Waals surface area contributed by atoms with Gasteiger partial charge in [-0.15, -0.1) is 0 Å². The summed E-state index contributed by atoms with van der Waals surface area (Å²) in [4.78, 5) is 0. The van der Waals surface area contributed by atoms with Crippen molar-refractivity contribution in [3.05, 3.63) is 34.9 Å². The third kappa shape index (κ3) is 4.82. The van der Waals surface area contributed by atoms with Crippen LogP contribution in [0, 0.1) is 25.7 Å². The first-order valence-corrected chi connectivity index (χ1v) is 8.47. The van der Waals surface area contributed by atoms with Gasteiger partial charge in [-0.2, -0.15) is 0 Å². The largest absolute Gasteiger partial charge is 0.383 e. The van der Waals surface area contributed by atoms with Gasteiger partial charge >= 0.3 is 0 Å². The molecule has 1 aromatic rings.